The summed E-state index contributed by atoms with van der Waals surface area (Å²) >= 11 is 0. The molecule has 11 heteroatoms. The molecule has 2 aromatic carbocycles. The lowest BCUT2D eigenvalue weighted by Crippen LogP contribution is -2.24. The summed E-state index contributed by atoms with van der Waals surface area (Å²) < 4.78 is 43.5. The highest BCUT2D eigenvalue weighted by Crippen LogP contribution is 2.31. The van der Waals surface area contributed by atoms with E-state index in [0.717, 1.165) is 0 Å². The summed E-state index contributed by atoms with van der Waals surface area (Å²) in [6, 6.07) is 10.7. The number of benzene rings is 2. The normalized spacial score (nSPS) is 11.5. The fraction of sp³-hybridized carbons (Fsp3) is 0.0909. The molecule has 0 fully saturated rings. The largest absolute Gasteiger partial charge is 0.383 e. The van der Waals surface area contributed by atoms with Crippen LogP contribution in [0.2, 0.25) is 0 Å². The van der Waals surface area contributed by atoms with Crippen LogP contribution in [0, 0.1) is 12.7 Å². The Hall–Kier alpha value is -3.96. The summed E-state index contributed by atoms with van der Waals surface area (Å²) in [6.45, 7) is 1.59. The van der Waals surface area contributed by atoms with E-state index in [4.69, 9.17) is 11.5 Å². The van der Waals surface area contributed by atoms with Gasteiger partial charge in [-0.25, -0.2) is 32.5 Å². The van der Waals surface area contributed by atoms with E-state index in [1.165, 1.54) is 36.8 Å². The lowest BCUT2D eigenvalue weighted by molar-refractivity contribution is 0.581. The molecule has 9 nitrogen and oxygen atoms in total. The summed E-state index contributed by atoms with van der Waals surface area (Å²) in [4.78, 5) is 16.1. The smallest absolute Gasteiger partial charge is 0.241 e. The molecule has 5 N–H and O–H groups in total. The minimum absolute atomic E-state index is 0.00368. The van der Waals surface area contributed by atoms with E-state index in [2.05, 4.69) is 24.7 Å². The second-order valence-electron chi connectivity index (χ2n) is 7.17. The van der Waals surface area contributed by atoms with E-state index in [0.29, 0.717) is 28.2 Å². The third kappa shape index (κ3) is 4.78. The molecule has 33 heavy (non-hydrogen) atoms. The van der Waals surface area contributed by atoms with Crippen LogP contribution in [0.15, 0.2) is 66.0 Å². The Bertz CT molecular complexity index is 1430. The van der Waals surface area contributed by atoms with Gasteiger partial charge in [0.05, 0.1) is 23.0 Å². The van der Waals surface area contributed by atoms with Gasteiger partial charge in [-0.15, -0.1) is 0 Å². The van der Waals surface area contributed by atoms with Crippen molar-refractivity contribution < 1.29 is 12.8 Å². The highest BCUT2D eigenvalue weighted by Gasteiger charge is 2.20. The van der Waals surface area contributed by atoms with Gasteiger partial charge in [0.2, 0.25) is 10.0 Å². The standard InChI is InChI=1S/C22H20FN7O2S/c1-13-26-9-15(22(25)30-13)10-29-33(31,32)20-5-3-2-4-16(20)14-6-7-17(18(23)8-14)19-11-28-21(24)12-27-19/h2-9,11-12,29H,10H2,1H3,(H2,24,28)(H2,25,26,30). The molecule has 0 aliphatic rings. The number of halogens is 1. The third-order valence-corrected chi connectivity index (χ3v) is 6.33. The Morgan fingerprint density at radius 1 is 0.970 bits per heavy atom. The average Bonchev–Trinajstić information content (AvgIpc) is 2.79. The molecular formula is C22H20FN7O2S. The maximum absolute atomic E-state index is 14.9. The molecule has 168 valence electrons. The molecule has 4 rings (SSSR count). The lowest BCUT2D eigenvalue weighted by atomic mass is 10.0. The number of rotatable bonds is 6. The second-order valence-corrected chi connectivity index (χ2v) is 8.90. The molecule has 0 unspecified atom stereocenters. The topological polar surface area (TPSA) is 150 Å². The van der Waals surface area contributed by atoms with Gasteiger partial charge in [0.25, 0.3) is 0 Å². The Balaban J connectivity index is 1.65. The van der Waals surface area contributed by atoms with Crippen LogP contribution in [0.1, 0.15) is 11.4 Å². The monoisotopic (exact) mass is 465 g/mol. The van der Waals surface area contributed by atoms with Crippen molar-refractivity contribution in [3.8, 4) is 22.4 Å². The molecule has 0 radical (unpaired) electrons. The number of nitrogens with two attached hydrogens (primary N) is 2. The summed E-state index contributed by atoms with van der Waals surface area (Å²) in [5.41, 5.74) is 13.1. The maximum atomic E-state index is 14.9. The number of anilines is 2. The van der Waals surface area contributed by atoms with Gasteiger partial charge < -0.3 is 11.5 Å². The number of hydrogen-bond acceptors (Lipinski definition) is 8. The van der Waals surface area contributed by atoms with Crippen molar-refractivity contribution in [1.82, 2.24) is 24.7 Å². The van der Waals surface area contributed by atoms with E-state index in [9.17, 15) is 12.8 Å². The predicted octanol–water partition coefficient (Wildman–Crippen LogP) is 2.69. The first kappa shape index (κ1) is 22.2. The van der Waals surface area contributed by atoms with Gasteiger partial charge in [-0.3, -0.25) is 4.98 Å². The van der Waals surface area contributed by atoms with Crippen LogP contribution in [-0.2, 0) is 16.6 Å². The van der Waals surface area contributed by atoms with Crippen LogP contribution in [0.5, 0.6) is 0 Å². The van der Waals surface area contributed by atoms with Crippen molar-refractivity contribution in [2.24, 2.45) is 0 Å². The quantitative estimate of drug-likeness (QED) is 0.393. The number of nitrogens with one attached hydrogen (secondary N) is 1. The first-order chi connectivity index (χ1) is 15.7. The molecule has 0 saturated heterocycles. The van der Waals surface area contributed by atoms with Gasteiger partial charge >= 0.3 is 0 Å². The van der Waals surface area contributed by atoms with Gasteiger partial charge in [0.1, 0.15) is 23.3 Å². The zero-order chi connectivity index (χ0) is 23.6. The van der Waals surface area contributed by atoms with E-state index in [1.54, 1.807) is 31.2 Å². The molecule has 0 aliphatic carbocycles. The van der Waals surface area contributed by atoms with Crippen LogP contribution in [0.3, 0.4) is 0 Å². The fourth-order valence-electron chi connectivity index (χ4n) is 3.21. The van der Waals surface area contributed by atoms with E-state index in [-0.39, 0.29) is 28.6 Å². The predicted molar refractivity (Wildman–Crippen MR) is 122 cm³/mol. The van der Waals surface area contributed by atoms with Crippen LogP contribution in [0.4, 0.5) is 16.0 Å². The Morgan fingerprint density at radius 3 is 2.45 bits per heavy atom. The minimum atomic E-state index is -3.96. The molecule has 2 heterocycles. The van der Waals surface area contributed by atoms with Crippen LogP contribution in [-0.4, -0.2) is 28.4 Å². The number of nitrogen functional groups attached to an aromatic ring is 2. The SMILES string of the molecule is Cc1ncc(CNS(=O)(=O)c2ccccc2-c2ccc(-c3cnc(N)cn3)c(F)c2)c(N)n1. The molecular weight excluding hydrogens is 445 g/mol. The Morgan fingerprint density at radius 2 is 1.76 bits per heavy atom. The number of sulfonamides is 1. The van der Waals surface area contributed by atoms with E-state index >= 15 is 0 Å². The average molecular weight is 466 g/mol. The van der Waals surface area contributed by atoms with Crippen molar-refractivity contribution in [2.75, 3.05) is 11.5 Å². The molecule has 2 aromatic heterocycles. The number of hydrogen-bond donors (Lipinski definition) is 3. The molecule has 4 aromatic rings. The first-order valence-electron chi connectivity index (χ1n) is 9.79. The molecule has 0 atom stereocenters. The summed E-state index contributed by atoms with van der Waals surface area (Å²) in [7, 11) is -3.96. The first-order valence-corrected chi connectivity index (χ1v) is 11.3. The van der Waals surface area contributed by atoms with Crippen molar-refractivity contribution >= 4 is 21.7 Å². The van der Waals surface area contributed by atoms with E-state index in [1.807, 2.05) is 0 Å². The van der Waals surface area contributed by atoms with Gasteiger partial charge in [-0.1, -0.05) is 24.3 Å². The van der Waals surface area contributed by atoms with Crippen molar-refractivity contribution in [3.63, 3.8) is 0 Å². The molecule has 0 amide bonds. The van der Waals surface area contributed by atoms with Crippen molar-refractivity contribution in [2.45, 2.75) is 18.4 Å². The third-order valence-electron chi connectivity index (χ3n) is 4.88. The van der Waals surface area contributed by atoms with Gasteiger partial charge in [0, 0.05) is 29.4 Å². The Labute approximate surface area is 189 Å². The zero-order valence-corrected chi connectivity index (χ0v) is 18.3. The van der Waals surface area contributed by atoms with Gasteiger partial charge in [0.15, 0.2) is 0 Å². The highest BCUT2D eigenvalue weighted by molar-refractivity contribution is 7.89. The number of aryl methyl sites for hydroxylation is 1. The van der Waals surface area contributed by atoms with Crippen LogP contribution < -0.4 is 16.2 Å². The lowest BCUT2D eigenvalue weighted by Gasteiger charge is -2.13. The number of nitrogens with zero attached hydrogens (tertiary/aromatic N) is 4. The Kier molecular flexibility index (Phi) is 5.99. The summed E-state index contributed by atoms with van der Waals surface area (Å²) in [5.74, 6) is 0.333. The minimum Gasteiger partial charge on any atom is -0.383 e. The maximum Gasteiger partial charge on any atom is 0.241 e. The number of aromatic nitrogens is 4. The molecule has 0 saturated carbocycles. The van der Waals surface area contributed by atoms with Crippen molar-refractivity contribution in [1.29, 1.82) is 0 Å². The van der Waals surface area contributed by atoms with Crippen LogP contribution in [0.25, 0.3) is 22.4 Å². The molecule has 0 spiro atoms. The van der Waals surface area contributed by atoms with Gasteiger partial charge in [-0.2, -0.15) is 0 Å². The highest BCUT2D eigenvalue weighted by atomic mass is 32.2. The van der Waals surface area contributed by atoms with Crippen LogP contribution >= 0.6 is 0 Å². The van der Waals surface area contributed by atoms with E-state index < -0.39 is 15.8 Å². The zero-order valence-electron chi connectivity index (χ0n) is 17.5. The second kappa shape index (κ2) is 8.88. The fourth-order valence-corrected chi connectivity index (χ4v) is 4.44. The summed E-state index contributed by atoms with van der Waals surface area (Å²) in [5, 5.41) is 0. The summed E-state index contributed by atoms with van der Waals surface area (Å²) in [6.07, 6.45) is 4.18. The molecule has 0 bridgehead atoms. The van der Waals surface area contributed by atoms with Crippen molar-refractivity contribution in [3.05, 3.63) is 78.3 Å². The van der Waals surface area contributed by atoms with Gasteiger partial charge in [-0.05, 0) is 30.7 Å². The molecule has 0 aliphatic heterocycles.